The zero-order valence-corrected chi connectivity index (χ0v) is 21.3. The van der Waals surface area contributed by atoms with Gasteiger partial charge in [0.15, 0.2) is 11.6 Å². The Hall–Kier alpha value is -4.58. The van der Waals surface area contributed by atoms with Crippen molar-refractivity contribution in [3.05, 3.63) is 78.0 Å². The van der Waals surface area contributed by atoms with Crippen molar-refractivity contribution in [3.63, 3.8) is 0 Å². The maximum atomic E-state index is 14.5. The Labute approximate surface area is 220 Å². The van der Waals surface area contributed by atoms with Crippen LogP contribution in [0.2, 0.25) is 0 Å². The molecule has 2 N–H and O–H groups in total. The lowest BCUT2D eigenvalue weighted by Crippen LogP contribution is -2.43. The second kappa shape index (κ2) is 10.1. The Bertz CT molecular complexity index is 1500. The smallest absolute Gasteiger partial charge is 0.253 e. The van der Waals surface area contributed by atoms with Gasteiger partial charge in [-0.3, -0.25) is 24.7 Å². The molecule has 3 aromatic rings. The second-order valence-corrected chi connectivity index (χ2v) is 9.41. The minimum absolute atomic E-state index is 0.0667. The third-order valence-electron chi connectivity index (χ3n) is 7.04. The molecule has 2 aliphatic heterocycles. The highest BCUT2D eigenvalue weighted by Crippen LogP contribution is 2.34. The zero-order chi connectivity index (χ0) is 26.9. The number of benzene rings is 1. The highest BCUT2D eigenvalue weighted by Gasteiger charge is 2.37. The van der Waals surface area contributed by atoms with Gasteiger partial charge in [0, 0.05) is 37.5 Å². The van der Waals surface area contributed by atoms with Crippen molar-refractivity contribution < 1.29 is 18.7 Å². The largest absolute Gasteiger partial charge is 0.492 e. The van der Waals surface area contributed by atoms with Gasteiger partial charge in [-0.2, -0.15) is 0 Å². The van der Waals surface area contributed by atoms with Crippen LogP contribution >= 0.6 is 0 Å². The normalized spacial score (nSPS) is 18.2. The minimum Gasteiger partial charge on any atom is -0.492 e. The number of methoxy groups -OCH3 is 1. The molecule has 0 spiro atoms. The number of carbonyl (C=O) groups is 2. The van der Waals surface area contributed by atoms with Crippen LogP contribution in [-0.4, -0.2) is 52.1 Å². The number of ether oxygens (including phenoxy) is 1. The summed E-state index contributed by atoms with van der Waals surface area (Å²) in [5.74, 6) is 5.79. The summed E-state index contributed by atoms with van der Waals surface area (Å²) in [6, 6.07) is 8.25. The Morgan fingerprint density at radius 3 is 2.97 bits per heavy atom. The maximum absolute atomic E-state index is 14.5. The summed E-state index contributed by atoms with van der Waals surface area (Å²) in [7, 11) is 1.41. The van der Waals surface area contributed by atoms with E-state index in [2.05, 4.69) is 34.1 Å². The molecule has 0 radical (unpaired) electrons. The second-order valence-electron chi connectivity index (χ2n) is 9.41. The SMILES string of the molecule is C=CC(=O)N1CCC[C@@]1(C)C#Cc1cnccc1-c1cc2c(n1Nc1cccc(F)c1OC)CCNC2=O. The van der Waals surface area contributed by atoms with Gasteiger partial charge in [-0.05, 0) is 50.1 Å². The third kappa shape index (κ3) is 4.39. The molecule has 0 saturated carbocycles. The Morgan fingerprint density at radius 2 is 2.18 bits per heavy atom. The van der Waals surface area contributed by atoms with Crippen LogP contribution < -0.4 is 15.5 Å². The van der Waals surface area contributed by atoms with Gasteiger partial charge >= 0.3 is 0 Å². The summed E-state index contributed by atoms with van der Waals surface area (Å²) in [5.41, 5.74) is 6.37. The highest BCUT2D eigenvalue weighted by atomic mass is 19.1. The number of nitrogens with one attached hydrogen (secondary N) is 2. The number of amides is 2. The average Bonchev–Trinajstić information content (AvgIpc) is 3.49. The molecule has 2 aliphatic rings. The van der Waals surface area contributed by atoms with Crippen molar-refractivity contribution in [1.82, 2.24) is 19.9 Å². The lowest BCUT2D eigenvalue weighted by atomic mass is 9.98. The summed E-state index contributed by atoms with van der Waals surface area (Å²) in [4.78, 5) is 31.2. The van der Waals surface area contributed by atoms with Crippen LogP contribution in [0.5, 0.6) is 5.75 Å². The molecule has 194 valence electrons. The van der Waals surface area contributed by atoms with Crippen LogP contribution in [0.25, 0.3) is 11.3 Å². The fourth-order valence-corrected chi connectivity index (χ4v) is 5.11. The van der Waals surface area contributed by atoms with Crippen LogP contribution in [0.15, 0.2) is 55.4 Å². The van der Waals surface area contributed by atoms with E-state index in [1.807, 2.05) is 13.0 Å². The van der Waals surface area contributed by atoms with Crippen LogP contribution in [0, 0.1) is 17.7 Å². The van der Waals surface area contributed by atoms with Gasteiger partial charge in [0.05, 0.1) is 35.3 Å². The number of halogens is 1. The topological polar surface area (TPSA) is 88.5 Å². The highest BCUT2D eigenvalue weighted by molar-refractivity contribution is 5.98. The van der Waals surface area contributed by atoms with Crippen molar-refractivity contribution >= 4 is 17.5 Å². The number of anilines is 1. The van der Waals surface area contributed by atoms with E-state index in [0.29, 0.717) is 42.0 Å². The van der Waals surface area contributed by atoms with E-state index in [0.717, 1.165) is 24.1 Å². The molecule has 1 aromatic carbocycles. The van der Waals surface area contributed by atoms with Crippen molar-refractivity contribution in [3.8, 4) is 28.8 Å². The van der Waals surface area contributed by atoms with Gasteiger partial charge in [0.1, 0.15) is 5.54 Å². The number of nitrogens with zero attached hydrogens (tertiary/aromatic N) is 3. The number of likely N-dealkylation sites (tertiary alicyclic amines) is 1. The maximum Gasteiger partial charge on any atom is 0.253 e. The number of fused-ring (bicyclic) bond motifs is 1. The first-order valence-electron chi connectivity index (χ1n) is 12.4. The number of rotatable bonds is 5. The number of hydrogen-bond acceptors (Lipinski definition) is 5. The molecule has 38 heavy (non-hydrogen) atoms. The molecule has 0 aliphatic carbocycles. The quantitative estimate of drug-likeness (QED) is 0.401. The Kier molecular flexibility index (Phi) is 6.64. The Morgan fingerprint density at radius 1 is 1.34 bits per heavy atom. The molecular formula is C29H28FN5O3. The Balaban J connectivity index is 1.63. The molecule has 0 unspecified atom stereocenters. The van der Waals surface area contributed by atoms with E-state index >= 15 is 0 Å². The molecule has 9 heteroatoms. The van der Waals surface area contributed by atoms with E-state index in [9.17, 15) is 14.0 Å². The predicted octanol–water partition coefficient (Wildman–Crippen LogP) is 3.78. The van der Waals surface area contributed by atoms with E-state index in [1.54, 1.807) is 40.2 Å². The van der Waals surface area contributed by atoms with Crippen molar-refractivity contribution in [2.45, 2.75) is 31.7 Å². The monoisotopic (exact) mass is 513 g/mol. The van der Waals surface area contributed by atoms with Crippen LogP contribution in [0.3, 0.4) is 0 Å². The molecule has 4 heterocycles. The molecule has 1 atom stereocenters. The molecule has 0 bridgehead atoms. The van der Waals surface area contributed by atoms with Gasteiger partial charge in [-0.25, -0.2) is 4.39 Å². The van der Waals surface area contributed by atoms with Crippen LogP contribution in [0.4, 0.5) is 10.1 Å². The van der Waals surface area contributed by atoms with Crippen molar-refractivity contribution in [2.24, 2.45) is 0 Å². The number of carbonyl (C=O) groups excluding carboxylic acids is 2. The lowest BCUT2D eigenvalue weighted by molar-refractivity contribution is -0.127. The van der Waals surface area contributed by atoms with Gasteiger partial charge < -0.3 is 15.0 Å². The van der Waals surface area contributed by atoms with E-state index < -0.39 is 11.4 Å². The van der Waals surface area contributed by atoms with E-state index in [1.165, 1.54) is 19.3 Å². The van der Waals surface area contributed by atoms with E-state index in [4.69, 9.17) is 4.74 Å². The average molecular weight is 514 g/mol. The molecule has 1 fully saturated rings. The third-order valence-corrected chi connectivity index (χ3v) is 7.04. The van der Waals surface area contributed by atoms with Gasteiger partial charge in [0.2, 0.25) is 5.91 Å². The predicted molar refractivity (Wildman–Crippen MR) is 142 cm³/mol. The van der Waals surface area contributed by atoms with Gasteiger partial charge in [0.25, 0.3) is 5.91 Å². The number of para-hydroxylation sites is 1. The molecule has 2 aromatic heterocycles. The first-order chi connectivity index (χ1) is 18.4. The first kappa shape index (κ1) is 25.1. The summed E-state index contributed by atoms with van der Waals surface area (Å²) in [5, 5.41) is 2.88. The summed E-state index contributed by atoms with van der Waals surface area (Å²) < 4.78 is 21.6. The van der Waals surface area contributed by atoms with Crippen LogP contribution in [0.1, 0.15) is 41.4 Å². The molecule has 2 amide bonds. The number of hydrogen-bond donors (Lipinski definition) is 2. The summed E-state index contributed by atoms with van der Waals surface area (Å²) in [6.45, 7) is 6.67. The fourth-order valence-electron chi connectivity index (χ4n) is 5.11. The fraction of sp³-hybridized carbons (Fsp3) is 0.276. The molecule has 8 nitrogen and oxygen atoms in total. The van der Waals surface area contributed by atoms with Gasteiger partial charge in [-0.15, -0.1) is 0 Å². The number of aromatic nitrogens is 2. The van der Waals surface area contributed by atoms with Gasteiger partial charge in [-0.1, -0.05) is 24.5 Å². The van der Waals surface area contributed by atoms with Crippen molar-refractivity contribution in [2.75, 3.05) is 25.6 Å². The summed E-state index contributed by atoms with van der Waals surface area (Å²) >= 11 is 0. The lowest BCUT2D eigenvalue weighted by Gasteiger charge is -2.29. The molecule has 5 rings (SSSR count). The van der Waals surface area contributed by atoms with Crippen LogP contribution in [-0.2, 0) is 11.2 Å². The molecule has 1 saturated heterocycles. The standard InChI is InChI=1S/C29H28FN5O3/c1-4-26(36)34-16-6-12-29(34,2)13-9-19-18-31-14-10-20(19)25-17-21-24(11-15-32-28(21)37)35(25)33-23-8-5-7-22(30)27(23)38-3/h4-5,7-8,10,14,17-18,33H,1,6,11-12,15-16H2,2-3H3,(H,32,37)/t29-/m0/s1. The first-order valence-corrected chi connectivity index (χ1v) is 12.4. The molecular weight excluding hydrogens is 485 g/mol. The van der Waals surface area contributed by atoms with Crippen molar-refractivity contribution in [1.29, 1.82) is 0 Å². The zero-order valence-electron chi connectivity index (χ0n) is 21.3. The summed E-state index contributed by atoms with van der Waals surface area (Å²) in [6.07, 6.45) is 6.82. The number of pyridine rings is 1. The minimum atomic E-state index is -0.632. The van der Waals surface area contributed by atoms with E-state index in [-0.39, 0.29) is 17.6 Å².